The average molecular weight is 570 g/mol. The summed E-state index contributed by atoms with van der Waals surface area (Å²) in [6.45, 7) is 6.24. The molecule has 1 fully saturated rings. The van der Waals surface area contributed by atoms with Gasteiger partial charge < -0.3 is 18.9 Å². The molecule has 0 aliphatic carbocycles. The van der Waals surface area contributed by atoms with Gasteiger partial charge in [-0.2, -0.15) is 4.98 Å². The number of hydrogen-bond acceptors (Lipinski definition) is 13. The van der Waals surface area contributed by atoms with E-state index in [1.807, 2.05) is 19.1 Å². The van der Waals surface area contributed by atoms with E-state index in [4.69, 9.17) is 18.9 Å². The van der Waals surface area contributed by atoms with E-state index in [2.05, 4.69) is 30.5 Å². The molecule has 1 aromatic carbocycles. The van der Waals surface area contributed by atoms with Gasteiger partial charge in [0.15, 0.2) is 29.6 Å². The molecule has 0 radical (unpaired) electrons. The highest BCUT2D eigenvalue weighted by molar-refractivity contribution is 5.87. The molecule has 2 unspecified atom stereocenters. The third kappa shape index (κ3) is 6.78. The average Bonchev–Trinajstić information content (AvgIpc) is 3.39. The number of hydrogen-bond donors (Lipinski definition) is 2. The van der Waals surface area contributed by atoms with Crippen LogP contribution in [0, 0.1) is 6.92 Å². The monoisotopic (exact) mass is 569 g/mol. The van der Waals surface area contributed by atoms with Crippen LogP contribution >= 0.6 is 0 Å². The summed E-state index contributed by atoms with van der Waals surface area (Å²) in [6, 6.07) is 7.07. The van der Waals surface area contributed by atoms with Crippen molar-refractivity contribution in [3.63, 3.8) is 0 Å². The minimum Gasteiger partial charge on any atom is -0.463 e. The smallest absolute Gasteiger partial charge is 0.303 e. The van der Waals surface area contributed by atoms with Crippen molar-refractivity contribution in [3.8, 4) is 0 Å². The Morgan fingerprint density at radius 3 is 2.24 bits per heavy atom. The largest absolute Gasteiger partial charge is 0.463 e. The maximum atomic E-state index is 12.9. The summed E-state index contributed by atoms with van der Waals surface area (Å²) >= 11 is 0. The summed E-state index contributed by atoms with van der Waals surface area (Å²) in [6.07, 6.45) is -5.02. The van der Waals surface area contributed by atoms with Crippen LogP contribution in [0.15, 0.2) is 39.3 Å². The van der Waals surface area contributed by atoms with Gasteiger partial charge in [0.2, 0.25) is 11.9 Å². The number of nitrogens with zero attached hydrogens (tertiary/aromatic N) is 5. The molecule has 0 bridgehead atoms. The van der Waals surface area contributed by atoms with Crippen molar-refractivity contribution < 1.29 is 38.1 Å². The Morgan fingerprint density at radius 2 is 1.63 bits per heavy atom. The second kappa shape index (κ2) is 12.0. The molecule has 16 nitrogen and oxygen atoms in total. The zero-order chi connectivity index (χ0) is 29.8. The van der Waals surface area contributed by atoms with Gasteiger partial charge in [-0.3, -0.25) is 38.8 Å². The normalized spacial score (nSPS) is 20.2. The van der Waals surface area contributed by atoms with E-state index in [0.29, 0.717) is 5.69 Å². The van der Waals surface area contributed by atoms with Crippen LogP contribution in [0.4, 0.5) is 17.6 Å². The van der Waals surface area contributed by atoms with Gasteiger partial charge in [0.05, 0.1) is 5.69 Å². The maximum Gasteiger partial charge on any atom is 0.303 e. The fourth-order valence-corrected chi connectivity index (χ4v) is 4.12. The van der Waals surface area contributed by atoms with Crippen molar-refractivity contribution in [2.24, 2.45) is 10.2 Å². The van der Waals surface area contributed by atoms with Gasteiger partial charge in [0, 0.05) is 27.7 Å². The zero-order valence-corrected chi connectivity index (χ0v) is 22.7. The number of aryl methyl sites for hydroxylation is 1. The van der Waals surface area contributed by atoms with Gasteiger partial charge in [-0.1, -0.05) is 17.7 Å². The number of fused-ring (bicyclic) bond motifs is 1. The Hall–Kier alpha value is -4.99. The summed E-state index contributed by atoms with van der Waals surface area (Å²) < 4.78 is 23.4. The molecule has 1 aliphatic rings. The Kier molecular flexibility index (Phi) is 8.51. The third-order valence-corrected chi connectivity index (χ3v) is 5.71. The van der Waals surface area contributed by atoms with Gasteiger partial charge in [-0.25, -0.2) is 4.98 Å². The van der Waals surface area contributed by atoms with Crippen molar-refractivity contribution in [2.75, 3.05) is 11.9 Å². The lowest BCUT2D eigenvalue weighted by atomic mass is 10.1. The number of rotatable bonds is 8. The molecule has 2 aromatic heterocycles. The molecule has 3 heterocycles. The van der Waals surface area contributed by atoms with E-state index in [-0.39, 0.29) is 29.7 Å². The molecule has 216 valence electrons. The maximum absolute atomic E-state index is 12.9. The van der Waals surface area contributed by atoms with Gasteiger partial charge in [-0.15, -0.1) is 10.2 Å². The van der Waals surface area contributed by atoms with Crippen LogP contribution in [-0.2, 0) is 38.1 Å². The number of esters is 3. The van der Waals surface area contributed by atoms with E-state index in [1.54, 1.807) is 12.1 Å². The van der Waals surface area contributed by atoms with E-state index in [9.17, 15) is 24.0 Å². The fourth-order valence-electron chi connectivity index (χ4n) is 4.12. The van der Waals surface area contributed by atoms with Gasteiger partial charge >= 0.3 is 17.9 Å². The van der Waals surface area contributed by atoms with Crippen molar-refractivity contribution in [1.82, 2.24) is 19.5 Å². The van der Waals surface area contributed by atoms with Crippen LogP contribution in [0.5, 0.6) is 0 Å². The second-order valence-corrected chi connectivity index (χ2v) is 9.10. The highest BCUT2D eigenvalue weighted by Gasteiger charge is 2.52. The van der Waals surface area contributed by atoms with Crippen LogP contribution in [0.1, 0.15) is 39.5 Å². The molecule has 1 aliphatic heterocycles. The molecule has 0 spiro atoms. The molecule has 4 rings (SSSR count). The van der Waals surface area contributed by atoms with E-state index < -0.39 is 53.9 Å². The molecule has 1 saturated heterocycles. The molecule has 0 saturated carbocycles. The Bertz CT molecular complexity index is 1580. The zero-order valence-electron chi connectivity index (χ0n) is 22.7. The summed E-state index contributed by atoms with van der Waals surface area (Å²) in [5.74, 6) is -2.99. The van der Waals surface area contributed by atoms with Crippen LogP contribution < -0.4 is 10.9 Å². The number of aromatic nitrogens is 4. The van der Waals surface area contributed by atoms with Gasteiger partial charge in [0.25, 0.3) is 11.5 Å². The summed E-state index contributed by atoms with van der Waals surface area (Å²) in [7, 11) is 0. The predicted molar refractivity (Wildman–Crippen MR) is 139 cm³/mol. The highest BCUT2D eigenvalue weighted by Crippen LogP contribution is 2.39. The summed E-state index contributed by atoms with van der Waals surface area (Å²) in [5.41, 5.74) is 0.418. The van der Waals surface area contributed by atoms with Crippen LogP contribution in [0.3, 0.4) is 0 Å². The Morgan fingerprint density at radius 1 is 0.976 bits per heavy atom. The van der Waals surface area contributed by atoms with E-state index in [1.165, 1.54) is 18.4 Å². The number of H-pyrrole nitrogens is 1. The quantitative estimate of drug-likeness (QED) is 0.228. The van der Waals surface area contributed by atoms with Crippen LogP contribution in [0.25, 0.3) is 11.2 Å². The summed E-state index contributed by atoms with van der Waals surface area (Å²) in [5, 5.41) is 10.8. The van der Waals surface area contributed by atoms with Crippen molar-refractivity contribution in [3.05, 3.63) is 40.2 Å². The topological polar surface area (TPSA) is 206 Å². The van der Waals surface area contributed by atoms with Crippen molar-refractivity contribution in [1.29, 1.82) is 0 Å². The minimum absolute atomic E-state index is 0.118. The molecule has 1 amide bonds. The molecule has 4 atom stereocenters. The van der Waals surface area contributed by atoms with Crippen LogP contribution in [-0.4, -0.2) is 68.3 Å². The number of carbonyl (C=O) groups is 4. The minimum atomic E-state index is -1.35. The SMILES string of the molecule is CC(=O)Nc1nc2c(nc(/N=N/c3ccc(C)cc3)n2[C@@H]2O[C@H](COC(C)=O)C(OC(C)=O)C2OC(C)=O)c(=O)[nH]1. The standard InChI is InChI=1S/C25H27N7O9/c1-11-6-8-16(9-7-11)30-31-25-27-18-21(28-24(26-12(2)33)29-22(18)37)32(25)23-20(40-15(5)36)19(39-14(4)35)17(41-23)10-38-13(3)34/h6-9,17,19-20,23H,10H2,1-5H3,(H2,26,28,29,33,37)/b31-30+/t17-,19?,20?,23-/m1/s1. The Labute approximate surface area is 232 Å². The van der Waals surface area contributed by atoms with E-state index in [0.717, 1.165) is 19.4 Å². The van der Waals surface area contributed by atoms with Crippen LogP contribution in [0.2, 0.25) is 0 Å². The first kappa shape index (κ1) is 29.0. The predicted octanol–water partition coefficient (Wildman–Crippen LogP) is 2.13. The first-order chi connectivity index (χ1) is 19.4. The van der Waals surface area contributed by atoms with Gasteiger partial charge in [-0.05, 0) is 19.1 Å². The van der Waals surface area contributed by atoms with Gasteiger partial charge in [0.1, 0.15) is 12.7 Å². The molecule has 2 N–H and O–H groups in total. The number of benzene rings is 1. The number of carbonyl (C=O) groups excluding carboxylic acids is 4. The summed E-state index contributed by atoms with van der Waals surface area (Å²) in [4.78, 5) is 71.3. The number of azo groups is 1. The first-order valence-corrected chi connectivity index (χ1v) is 12.3. The number of amides is 1. The number of nitrogens with one attached hydrogen (secondary N) is 2. The highest BCUT2D eigenvalue weighted by atomic mass is 16.7. The molecule has 41 heavy (non-hydrogen) atoms. The first-order valence-electron chi connectivity index (χ1n) is 12.3. The molecule has 3 aromatic rings. The lowest BCUT2D eigenvalue weighted by Gasteiger charge is -2.24. The molecule has 16 heteroatoms. The lowest BCUT2D eigenvalue weighted by molar-refractivity contribution is -0.166. The second-order valence-electron chi connectivity index (χ2n) is 9.10. The van der Waals surface area contributed by atoms with E-state index >= 15 is 0 Å². The van der Waals surface area contributed by atoms with Crippen molar-refractivity contribution >= 4 is 52.6 Å². The fraction of sp³-hybridized carbons (Fsp3) is 0.400. The van der Waals surface area contributed by atoms with Crippen molar-refractivity contribution in [2.45, 2.75) is 59.2 Å². The number of anilines is 1. The third-order valence-electron chi connectivity index (χ3n) is 5.71. The number of aromatic amines is 1. The molecular weight excluding hydrogens is 542 g/mol. The number of ether oxygens (including phenoxy) is 4. The molecular formula is C25H27N7O9. The number of imidazole rings is 1. The Balaban J connectivity index is 1.91. The lowest BCUT2D eigenvalue weighted by Crippen LogP contribution is -2.40.